The Bertz CT molecular complexity index is 498. The van der Waals surface area contributed by atoms with E-state index in [2.05, 4.69) is 0 Å². The van der Waals surface area contributed by atoms with Crippen LogP contribution in [0.5, 0.6) is 5.75 Å². The van der Waals surface area contributed by atoms with E-state index in [1.54, 1.807) is 0 Å². The SMILES string of the molecule is Cc1cccc(OC(=O)CCCCCCCCCCCCCCCCCO)c1. The summed E-state index contributed by atoms with van der Waals surface area (Å²) in [5.41, 5.74) is 1.11. The van der Waals surface area contributed by atoms with Gasteiger partial charge in [-0.25, -0.2) is 0 Å². The normalized spacial score (nSPS) is 10.9. The largest absolute Gasteiger partial charge is 0.427 e. The summed E-state index contributed by atoms with van der Waals surface area (Å²) in [5.74, 6) is 0.547. The monoisotopic (exact) mass is 390 g/mol. The van der Waals surface area contributed by atoms with Gasteiger partial charge < -0.3 is 9.84 Å². The Kier molecular flexibility index (Phi) is 15.6. The Morgan fingerprint density at radius 2 is 1.21 bits per heavy atom. The minimum atomic E-state index is -0.112. The van der Waals surface area contributed by atoms with Crippen molar-refractivity contribution in [2.45, 2.75) is 110 Å². The van der Waals surface area contributed by atoms with Gasteiger partial charge in [0.05, 0.1) is 0 Å². The van der Waals surface area contributed by atoms with Gasteiger partial charge in [0.15, 0.2) is 0 Å². The van der Waals surface area contributed by atoms with Crippen molar-refractivity contribution in [3.8, 4) is 5.75 Å². The first-order valence-corrected chi connectivity index (χ1v) is 11.6. The summed E-state index contributed by atoms with van der Waals surface area (Å²) in [6.07, 6.45) is 19.4. The Balaban J connectivity index is 1.80. The highest BCUT2D eigenvalue weighted by atomic mass is 16.5. The molecule has 1 aromatic rings. The molecular formula is C25H42O3. The van der Waals surface area contributed by atoms with Crippen molar-refractivity contribution in [1.29, 1.82) is 0 Å². The van der Waals surface area contributed by atoms with Crippen LogP contribution in [0.2, 0.25) is 0 Å². The molecule has 3 nitrogen and oxygen atoms in total. The Hall–Kier alpha value is -1.35. The van der Waals surface area contributed by atoms with Crippen LogP contribution in [0.3, 0.4) is 0 Å². The van der Waals surface area contributed by atoms with Gasteiger partial charge in [0, 0.05) is 13.0 Å². The number of rotatable bonds is 18. The summed E-state index contributed by atoms with van der Waals surface area (Å²) in [6, 6.07) is 7.65. The van der Waals surface area contributed by atoms with Crippen LogP contribution >= 0.6 is 0 Å². The van der Waals surface area contributed by atoms with Crippen molar-refractivity contribution >= 4 is 5.97 Å². The second kappa shape index (κ2) is 17.7. The maximum absolute atomic E-state index is 11.8. The molecule has 28 heavy (non-hydrogen) atoms. The standard InChI is InChI=1S/C25H42O3/c1-23-18-17-19-24(22-23)28-25(27)20-15-13-11-9-7-5-3-2-4-6-8-10-12-14-16-21-26/h17-19,22,26H,2-16,20-21H2,1H3. The first-order valence-electron chi connectivity index (χ1n) is 11.6. The summed E-state index contributed by atoms with van der Waals surface area (Å²) in [6.45, 7) is 2.35. The molecule has 1 N–H and O–H groups in total. The van der Waals surface area contributed by atoms with Crippen molar-refractivity contribution in [1.82, 2.24) is 0 Å². The number of unbranched alkanes of at least 4 members (excludes halogenated alkanes) is 14. The number of hydrogen-bond donors (Lipinski definition) is 1. The average Bonchev–Trinajstić information content (AvgIpc) is 2.67. The fourth-order valence-corrected chi connectivity index (χ4v) is 3.54. The average molecular weight is 391 g/mol. The molecule has 1 aromatic carbocycles. The number of aryl methyl sites for hydroxylation is 1. The molecule has 0 radical (unpaired) electrons. The molecule has 0 amide bonds. The van der Waals surface area contributed by atoms with E-state index in [1.165, 1.54) is 77.0 Å². The number of aliphatic hydroxyl groups is 1. The summed E-state index contributed by atoms with van der Waals surface area (Å²) < 4.78 is 5.37. The topological polar surface area (TPSA) is 46.5 Å². The molecule has 0 aromatic heterocycles. The van der Waals surface area contributed by atoms with E-state index in [-0.39, 0.29) is 5.97 Å². The van der Waals surface area contributed by atoms with Gasteiger partial charge in [0.25, 0.3) is 0 Å². The lowest BCUT2D eigenvalue weighted by atomic mass is 10.0. The zero-order valence-corrected chi connectivity index (χ0v) is 18.1. The smallest absolute Gasteiger partial charge is 0.311 e. The van der Waals surface area contributed by atoms with Crippen molar-refractivity contribution in [3.05, 3.63) is 29.8 Å². The van der Waals surface area contributed by atoms with Gasteiger partial charge in [-0.1, -0.05) is 95.6 Å². The third-order valence-electron chi connectivity index (χ3n) is 5.26. The minimum absolute atomic E-state index is 0.112. The number of ether oxygens (including phenoxy) is 1. The predicted octanol–water partition coefficient (Wildman–Crippen LogP) is 7.13. The zero-order valence-electron chi connectivity index (χ0n) is 18.1. The summed E-state index contributed by atoms with van der Waals surface area (Å²) in [4.78, 5) is 11.8. The first-order chi connectivity index (χ1) is 13.7. The lowest BCUT2D eigenvalue weighted by Crippen LogP contribution is -2.07. The maximum atomic E-state index is 11.8. The fraction of sp³-hybridized carbons (Fsp3) is 0.720. The van der Waals surface area contributed by atoms with Crippen LogP contribution in [0.4, 0.5) is 0 Å². The third kappa shape index (κ3) is 14.7. The van der Waals surface area contributed by atoms with Gasteiger partial charge in [-0.2, -0.15) is 0 Å². The number of carbonyl (C=O) groups is 1. The number of benzene rings is 1. The molecule has 0 saturated carbocycles. The maximum Gasteiger partial charge on any atom is 0.311 e. The number of esters is 1. The van der Waals surface area contributed by atoms with Gasteiger partial charge in [0.1, 0.15) is 5.75 Å². The van der Waals surface area contributed by atoms with Crippen LogP contribution < -0.4 is 4.74 Å². The number of hydrogen-bond acceptors (Lipinski definition) is 3. The van der Waals surface area contributed by atoms with Crippen molar-refractivity contribution in [2.24, 2.45) is 0 Å². The quantitative estimate of drug-likeness (QED) is 0.165. The third-order valence-corrected chi connectivity index (χ3v) is 5.26. The van der Waals surface area contributed by atoms with Gasteiger partial charge >= 0.3 is 5.97 Å². The van der Waals surface area contributed by atoms with Gasteiger partial charge in [-0.05, 0) is 37.5 Å². The summed E-state index contributed by atoms with van der Waals surface area (Å²) in [5, 5.41) is 8.73. The van der Waals surface area contributed by atoms with Crippen LogP contribution in [-0.2, 0) is 4.79 Å². The van der Waals surface area contributed by atoms with Crippen LogP contribution in [0.1, 0.15) is 108 Å². The van der Waals surface area contributed by atoms with E-state index in [0.717, 1.165) is 24.8 Å². The summed E-state index contributed by atoms with van der Waals surface area (Å²) in [7, 11) is 0. The lowest BCUT2D eigenvalue weighted by Gasteiger charge is -2.05. The Morgan fingerprint density at radius 3 is 1.68 bits per heavy atom. The van der Waals surface area contributed by atoms with Crippen LogP contribution in [0.15, 0.2) is 24.3 Å². The first kappa shape index (κ1) is 24.7. The highest BCUT2D eigenvalue weighted by Crippen LogP contribution is 2.15. The molecule has 3 heteroatoms. The van der Waals surface area contributed by atoms with E-state index in [1.807, 2.05) is 31.2 Å². The number of aliphatic hydroxyl groups excluding tert-OH is 1. The molecule has 0 fully saturated rings. The van der Waals surface area contributed by atoms with Crippen molar-refractivity contribution in [3.63, 3.8) is 0 Å². The zero-order chi connectivity index (χ0) is 20.3. The van der Waals surface area contributed by atoms with Gasteiger partial charge in [-0.3, -0.25) is 4.79 Å². The fourth-order valence-electron chi connectivity index (χ4n) is 3.54. The molecule has 0 atom stereocenters. The van der Waals surface area contributed by atoms with Crippen LogP contribution in [0.25, 0.3) is 0 Å². The highest BCUT2D eigenvalue weighted by molar-refractivity contribution is 5.72. The summed E-state index contributed by atoms with van der Waals surface area (Å²) >= 11 is 0. The molecule has 0 aliphatic carbocycles. The van der Waals surface area contributed by atoms with Gasteiger partial charge in [-0.15, -0.1) is 0 Å². The van der Waals surface area contributed by atoms with E-state index in [9.17, 15) is 4.79 Å². The van der Waals surface area contributed by atoms with E-state index in [4.69, 9.17) is 9.84 Å². The van der Waals surface area contributed by atoms with Gasteiger partial charge in [0.2, 0.25) is 0 Å². The van der Waals surface area contributed by atoms with Crippen LogP contribution in [-0.4, -0.2) is 17.7 Å². The molecule has 0 aliphatic heterocycles. The highest BCUT2D eigenvalue weighted by Gasteiger charge is 2.04. The molecule has 160 valence electrons. The molecule has 0 spiro atoms. The Morgan fingerprint density at radius 1 is 0.750 bits per heavy atom. The second-order valence-corrected chi connectivity index (χ2v) is 8.07. The minimum Gasteiger partial charge on any atom is -0.427 e. The molecule has 0 bridgehead atoms. The van der Waals surface area contributed by atoms with Crippen molar-refractivity contribution < 1.29 is 14.6 Å². The molecular weight excluding hydrogens is 348 g/mol. The molecule has 1 rings (SSSR count). The van der Waals surface area contributed by atoms with Crippen LogP contribution in [0, 0.1) is 6.92 Å². The molecule has 0 heterocycles. The van der Waals surface area contributed by atoms with E-state index >= 15 is 0 Å². The second-order valence-electron chi connectivity index (χ2n) is 8.07. The number of carbonyl (C=O) groups excluding carboxylic acids is 1. The Labute approximate surface area is 172 Å². The van der Waals surface area contributed by atoms with E-state index < -0.39 is 0 Å². The van der Waals surface area contributed by atoms with E-state index in [0.29, 0.717) is 18.8 Å². The predicted molar refractivity (Wildman–Crippen MR) is 118 cm³/mol. The lowest BCUT2D eigenvalue weighted by molar-refractivity contribution is -0.134. The molecule has 0 aliphatic rings. The van der Waals surface area contributed by atoms with Crippen molar-refractivity contribution in [2.75, 3.05) is 6.61 Å². The molecule has 0 saturated heterocycles. The molecule has 0 unspecified atom stereocenters.